The number of pyridine rings is 1. The molecular weight excluding hydrogens is 188 g/mol. The lowest BCUT2D eigenvalue weighted by atomic mass is 10.2. The van der Waals surface area contributed by atoms with Crippen molar-refractivity contribution in [2.45, 2.75) is 13.0 Å². The van der Waals surface area contributed by atoms with Gasteiger partial charge in [-0.15, -0.1) is 0 Å². The molecule has 0 aliphatic heterocycles. The summed E-state index contributed by atoms with van der Waals surface area (Å²) < 4.78 is 1.95. The Bertz CT molecular complexity index is 434. The largest absolute Gasteiger partial charge is 0.345 e. The van der Waals surface area contributed by atoms with E-state index in [9.17, 15) is 4.79 Å². The van der Waals surface area contributed by atoms with E-state index in [2.05, 4.69) is 4.98 Å². The molecule has 15 heavy (non-hydrogen) atoms. The van der Waals surface area contributed by atoms with Gasteiger partial charge in [0.25, 0.3) is 0 Å². The Morgan fingerprint density at radius 3 is 2.80 bits per heavy atom. The summed E-state index contributed by atoms with van der Waals surface area (Å²) in [4.78, 5) is 14.6. The van der Waals surface area contributed by atoms with Crippen molar-refractivity contribution in [1.82, 2.24) is 9.55 Å². The van der Waals surface area contributed by atoms with Gasteiger partial charge in [0.05, 0.1) is 5.69 Å². The van der Waals surface area contributed by atoms with Crippen LogP contribution < -0.4 is 0 Å². The van der Waals surface area contributed by atoms with E-state index < -0.39 is 0 Å². The third-order valence-corrected chi connectivity index (χ3v) is 2.38. The van der Waals surface area contributed by atoms with E-state index in [-0.39, 0.29) is 0 Å². The number of aromatic nitrogens is 2. The molecule has 0 amide bonds. The van der Waals surface area contributed by atoms with Crippen LogP contribution in [0.1, 0.15) is 16.1 Å². The lowest BCUT2D eigenvalue weighted by molar-refractivity contribution is 0.111. The molecule has 3 heteroatoms. The molecule has 76 valence electrons. The number of carbonyl (C=O) groups excluding carboxylic acids is 1. The summed E-state index contributed by atoms with van der Waals surface area (Å²) >= 11 is 0. The summed E-state index contributed by atoms with van der Waals surface area (Å²) in [5.74, 6) is 0. The first kappa shape index (κ1) is 9.65. The first-order chi connectivity index (χ1) is 7.40. The van der Waals surface area contributed by atoms with E-state index in [0.29, 0.717) is 0 Å². The average Bonchev–Trinajstić information content (AvgIpc) is 2.75. The Labute approximate surface area is 88.4 Å². The van der Waals surface area contributed by atoms with Gasteiger partial charge in [-0.2, -0.15) is 0 Å². The van der Waals surface area contributed by atoms with E-state index in [1.807, 2.05) is 35.0 Å². The lowest BCUT2D eigenvalue weighted by Gasteiger charge is -2.04. The van der Waals surface area contributed by atoms with Gasteiger partial charge in [-0.25, -0.2) is 0 Å². The minimum absolute atomic E-state index is 0.726. The molecule has 0 N–H and O–H groups in total. The molecule has 0 aliphatic rings. The van der Waals surface area contributed by atoms with E-state index in [1.54, 1.807) is 12.4 Å². The topological polar surface area (TPSA) is 34.9 Å². The Kier molecular flexibility index (Phi) is 2.93. The monoisotopic (exact) mass is 200 g/mol. The fraction of sp³-hybridized carbons (Fsp3) is 0.167. The summed E-state index contributed by atoms with van der Waals surface area (Å²) in [7, 11) is 0. The van der Waals surface area contributed by atoms with Crippen molar-refractivity contribution in [2.75, 3.05) is 0 Å². The van der Waals surface area contributed by atoms with Crippen LogP contribution in [-0.2, 0) is 13.0 Å². The Balaban J connectivity index is 2.02. The molecule has 2 rings (SSSR count). The lowest BCUT2D eigenvalue weighted by Crippen LogP contribution is -2.03. The van der Waals surface area contributed by atoms with Crippen molar-refractivity contribution < 1.29 is 4.79 Å². The highest BCUT2D eigenvalue weighted by Crippen LogP contribution is 2.03. The summed E-state index contributed by atoms with van der Waals surface area (Å²) in [5.41, 5.74) is 1.96. The molecule has 0 fully saturated rings. The zero-order chi connectivity index (χ0) is 10.5. The molecule has 0 radical (unpaired) electrons. The van der Waals surface area contributed by atoms with E-state index in [1.165, 1.54) is 5.56 Å². The maximum atomic E-state index is 10.7. The molecule has 3 nitrogen and oxygen atoms in total. The minimum Gasteiger partial charge on any atom is -0.345 e. The summed E-state index contributed by atoms with van der Waals surface area (Å²) in [6, 6.07) is 7.68. The summed E-state index contributed by atoms with van der Waals surface area (Å²) in [6.45, 7) is 0.824. The molecule has 0 aliphatic carbocycles. The van der Waals surface area contributed by atoms with Gasteiger partial charge in [0.15, 0.2) is 6.29 Å². The fourth-order valence-electron chi connectivity index (χ4n) is 1.54. The number of rotatable bonds is 4. The number of carbonyl (C=O) groups is 1. The van der Waals surface area contributed by atoms with Gasteiger partial charge in [-0.3, -0.25) is 9.78 Å². The molecule has 2 aromatic heterocycles. The zero-order valence-electron chi connectivity index (χ0n) is 8.34. The van der Waals surface area contributed by atoms with Gasteiger partial charge in [0, 0.05) is 25.1 Å². The smallest absolute Gasteiger partial charge is 0.166 e. The van der Waals surface area contributed by atoms with Crippen LogP contribution in [0.15, 0.2) is 42.9 Å². The second-order valence-electron chi connectivity index (χ2n) is 3.35. The predicted octanol–water partition coefficient (Wildman–Crippen LogP) is 1.94. The SMILES string of the molecule is O=Cc1cccn1CCc1ccncc1. The molecule has 2 heterocycles. The molecule has 2 aromatic rings. The van der Waals surface area contributed by atoms with Crippen LogP contribution in [0.4, 0.5) is 0 Å². The average molecular weight is 200 g/mol. The van der Waals surface area contributed by atoms with Gasteiger partial charge >= 0.3 is 0 Å². The predicted molar refractivity (Wildman–Crippen MR) is 57.8 cm³/mol. The van der Waals surface area contributed by atoms with Crippen molar-refractivity contribution in [1.29, 1.82) is 0 Å². The second-order valence-corrected chi connectivity index (χ2v) is 3.35. The highest BCUT2D eigenvalue weighted by atomic mass is 16.1. The summed E-state index contributed by atoms with van der Waals surface area (Å²) in [5, 5.41) is 0. The minimum atomic E-state index is 0.726. The molecule has 0 saturated heterocycles. The molecule has 0 bridgehead atoms. The normalized spacial score (nSPS) is 10.1. The standard InChI is InChI=1S/C12H12N2O/c15-10-12-2-1-8-14(12)9-5-11-3-6-13-7-4-11/h1-4,6-8,10H,5,9H2. The quantitative estimate of drug-likeness (QED) is 0.707. The Morgan fingerprint density at radius 1 is 1.27 bits per heavy atom. The van der Waals surface area contributed by atoms with Gasteiger partial charge in [-0.05, 0) is 36.2 Å². The number of hydrogen-bond donors (Lipinski definition) is 0. The van der Waals surface area contributed by atoms with Gasteiger partial charge in [-0.1, -0.05) is 0 Å². The van der Waals surface area contributed by atoms with Crippen LogP contribution in [0.25, 0.3) is 0 Å². The maximum absolute atomic E-state index is 10.7. The Hall–Kier alpha value is -1.90. The van der Waals surface area contributed by atoms with Crippen molar-refractivity contribution >= 4 is 6.29 Å². The highest BCUT2D eigenvalue weighted by Gasteiger charge is 1.99. The fourth-order valence-corrected chi connectivity index (χ4v) is 1.54. The van der Waals surface area contributed by atoms with Crippen LogP contribution in [0, 0.1) is 0 Å². The first-order valence-corrected chi connectivity index (χ1v) is 4.89. The molecule has 0 unspecified atom stereocenters. The molecule has 0 atom stereocenters. The molecule has 0 saturated carbocycles. The number of hydrogen-bond acceptors (Lipinski definition) is 2. The van der Waals surface area contributed by atoms with Crippen LogP contribution in [0.2, 0.25) is 0 Å². The third kappa shape index (κ3) is 2.31. The van der Waals surface area contributed by atoms with E-state index in [0.717, 1.165) is 24.9 Å². The highest BCUT2D eigenvalue weighted by molar-refractivity contribution is 5.72. The molecule has 0 spiro atoms. The van der Waals surface area contributed by atoms with Gasteiger partial charge < -0.3 is 4.57 Å². The number of nitrogens with zero attached hydrogens (tertiary/aromatic N) is 2. The van der Waals surface area contributed by atoms with Crippen LogP contribution in [0.3, 0.4) is 0 Å². The van der Waals surface area contributed by atoms with Crippen LogP contribution in [0.5, 0.6) is 0 Å². The molecular formula is C12H12N2O. The van der Waals surface area contributed by atoms with E-state index in [4.69, 9.17) is 0 Å². The number of aryl methyl sites for hydroxylation is 2. The third-order valence-electron chi connectivity index (χ3n) is 2.38. The maximum Gasteiger partial charge on any atom is 0.166 e. The van der Waals surface area contributed by atoms with Gasteiger partial charge in [0.2, 0.25) is 0 Å². The van der Waals surface area contributed by atoms with Crippen LogP contribution in [-0.4, -0.2) is 15.8 Å². The first-order valence-electron chi connectivity index (χ1n) is 4.89. The van der Waals surface area contributed by atoms with Gasteiger partial charge in [0.1, 0.15) is 0 Å². The van der Waals surface area contributed by atoms with Crippen molar-refractivity contribution in [3.63, 3.8) is 0 Å². The summed E-state index contributed by atoms with van der Waals surface area (Å²) in [6.07, 6.45) is 7.28. The number of aldehydes is 1. The Morgan fingerprint density at radius 2 is 2.07 bits per heavy atom. The van der Waals surface area contributed by atoms with E-state index >= 15 is 0 Å². The van der Waals surface area contributed by atoms with Crippen molar-refractivity contribution in [3.8, 4) is 0 Å². The zero-order valence-corrected chi connectivity index (χ0v) is 8.34. The molecule has 0 aromatic carbocycles. The van der Waals surface area contributed by atoms with Crippen LogP contribution >= 0.6 is 0 Å². The second kappa shape index (κ2) is 4.55. The van der Waals surface area contributed by atoms with Crippen molar-refractivity contribution in [3.05, 3.63) is 54.1 Å². The van der Waals surface area contributed by atoms with Crippen molar-refractivity contribution in [2.24, 2.45) is 0 Å².